The van der Waals surface area contributed by atoms with Crippen molar-refractivity contribution in [1.82, 2.24) is 10.6 Å². The number of nitrogens with two attached hydrogens (primary N) is 1. The van der Waals surface area contributed by atoms with Gasteiger partial charge in [-0.2, -0.15) is 0 Å². The number of nitrogen functional groups attached to an aromatic ring is 1. The summed E-state index contributed by atoms with van der Waals surface area (Å²) < 4.78 is 0. The minimum absolute atomic E-state index is 0.0599. The van der Waals surface area contributed by atoms with Gasteiger partial charge in [0.1, 0.15) is 5.84 Å². The fourth-order valence-electron chi connectivity index (χ4n) is 1.85. The molecule has 0 aliphatic rings. The molecule has 1 aromatic rings. The summed E-state index contributed by atoms with van der Waals surface area (Å²) in [6, 6.07) is 7.20. The van der Waals surface area contributed by atoms with Crippen LogP contribution in [0.1, 0.15) is 30.4 Å². The Hall–Kier alpha value is -2.57. The number of amides is 2. The number of carboxylic acid groups (broad SMARTS) is 1. The van der Waals surface area contributed by atoms with Gasteiger partial charge in [-0.15, -0.1) is 0 Å². The highest BCUT2D eigenvalue weighted by Gasteiger charge is 2.01. The molecule has 1 rings (SSSR count). The smallest absolute Gasteiger partial charge is 0.314 e. The van der Waals surface area contributed by atoms with Crippen molar-refractivity contribution in [3.8, 4) is 0 Å². The number of carbonyl (C=O) groups excluding carboxylic acids is 1. The Bertz CT molecular complexity index is 514. The van der Waals surface area contributed by atoms with Crippen molar-refractivity contribution in [2.75, 3.05) is 13.1 Å². The highest BCUT2D eigenvalue weighted by atomic mass is 16.4. The van der Waals surface area contributed by atoms with Gasteiger partial charge in [0.25, 0.3) is 0 Å². The molecule has 7 nitrogen and oxygen atoms in total. The molecule has 2 amide bonds. The molecule has 0 aliphatic heterocycles. The van der Waals surface area contributed by atoms with Gasteiger partial charge >= 0.3 is 12.0 Å². The van der Waals surface area contributed by atoms with Crippen LogP contribution in [0.5, 0.6) is 0 Å². The first kappa shape index (κ1) is 17.5. The molecule has 0 radical (unpaired) electrons. The van der Waals surface area contributed by atoms with Crippen molar-refractivity contribution in [3.63, 3.8) is 0 Å². The predicted octanol–water partition coefficient (Wildman–Crippen LogP) is 1.07. The zero-order chi connectivity index (χ0) is 16.4. The molecule has 0 saturated carbocycles. The monoisotopic (exact) mass is 306 g/mol. The summed E-state index contributed by atoms with van der Waals surface area (Å²) in [7, 11) is 0. The largest absolute Gasteiger partial charge is 0.481 e. The quantitative estimate of drug-likeness (QED) is 0.265. The van der Waals surface area contributed by atoms with Gasteiger partial charge in [0.05, 0.1) is 6.42 Å². The van der Waals surface area contributed by atoms with E-state index in [2.05, 4.69) is 10.6 Å². The highest BCUT2D eigenvalue weighted by molar-refractivity contribution is 5.94. The van der Waals surface area contributed by atoms with Gasteiger partial charge in [-0.05, 0) is 24.8 Å². The second-order valence-electron chi connectivity index (χ2n) is 4.89. The zero-order valence-corrected chi connectivity index (χ0v) is 12.4. The van der Waals surface area contributed by atoms with E-state index in [-0.39, 0.29) is 24.8 Å². The summed E-state index contributed by atoms with van der Waals surface area (Å²) in [5, 5.41) is 20.9. The number of carbonyl (C=O) groups is 2. The van der Waals surface area contributed by atoms with Gasteiger partial charge in [0.15, 0.2) is 0 Å². The first-order valence-electron chi connectivity index (χ1n) is 7.16. The van der Waals surface area contributed by atoms with E-state index >= 15 is 0 Å². The maximum atomic E-state index is 11.3. The van der Waals surface area contributed by atoms with Crippen LogP contribution < -0.4 is 16.4 Å². The van der Waals surface area contributed by atoms with Gasteiger partial charge in [0, 0.05) is 18.7 Å². The van der Waals surface area contributed by atoms with E-state index in [1.54, 1.807) is 0 Å². The number of carboxylic acids is 1. The summed E-state index contributed by atoms with van der Waals surface area (Å²) in [6.45, 7) is 0.675. The Morgan fingerprint density at radius 2 is 1.73 bits per heavy atom. The fraction of sp³-hybridized carbons (Fsp3) is 0.400. The molecule has 0 heterocycles. The molecule has 0 bridgehead atoms. The molecule has 0 aromatic heterocycles. The average Bonchev–Trinajstić information content (AvgIpc) is 2.47. The number of amidine groups is 1. The normalized spacial score (nSPS) is 10.0. The molecule has 6 N–H and O–H groups in total. The SMILES string of the molecule is N=C(N)c1ccc(CCCCNC(=O)NCCC(=O)O)cc1. The molecule has 0 aliphatic carbocycles. The molecule has 7 heteroatoms. The summed E-state index contributed by atoms with van der Waals surface area (Å²) in [4.78, 5) is 21.6. The Balaban J connectivity index is 2.11. The highest BCUT2D eigenvalue weighted by Crippen LogP contribution is 2.07. The second kappa shape index (κ2) is 9.38. The van der Waals surface area contributed by atoms with Crippen molar-refractivity contribution in [3.05, 3.63) is 35.4 Å². The lowest BCUT2D eigenvalue weighted by molar-refractivity contribution is -0.136. The van der Waals surface area contributed by atoms with Gasteiger partial charge in [-0.1, -0.05) is 24.3 Å². The number of urea groups is 1. The molecular formula is C15H22N4O3. The number of nitrogens with one attached hydrogen (secondary N) is 3. The number of rotatable bonds is 9. The first-order chi connectivity index (χ1) is 10.5. The topological polar surface area (TPSA) is 128 Å². The van der Waals surface area contributed by atoms with Crippen molar-refractivity contribution in [1.29, 1.82) is 5.41 Å². The van der Waals surface area contributed by atoms with Crippen LogP contribution in [0.15, 0.2) is 24.3 Å². The summed E-state index contributed by atoms with van der Waals surface area (Å²) >= 11 is 0. The molecule has 0 unspecified atom stereocenters. The lowest BCUT2D eigenvalue weighted by Gasteiger charge is -2.07. The van der Waals surface area contributed by atoms with E-state index in [1.807, 2.05) is 24.3 Å². The molecular weight excluding hydrogens is 284 g/mol. The molecule has 0 spiro atoms. The standard InChI is InChI=1S/C15H22N4O3/c16-14(17)12-6-4-11(5-7-12)3-1-2-9-18-15(22)19-10-8-13(20)21/h4-7H,1-3,8-10H2,(H3,16,17)(H,20,21)(H2,18,19,22). The molecule has 22 heavy (non-hydrogen) atoms. The van der Waals surface area contributed by atoms with Crippen LogP contribution in [0, 0.1) is 5.41 Å². The van der Waals surface area contributed by atoms with Crippen LogP contribution in [0.3, 0.4) is 0 Å². The Kier molecular flexibility index (Phi) is 7.45. The minimum atomic E-state index is -0.934. The van der Waals surface area contributed by atoms with Gasteiger partial charge in [-0.25, -0.2) is 4.79 Å². The van der Waals surface area contributed by atoms with Crippen LogP contribution in [-0.2, 0) is 11.2 Å². The number of aryl methyl sites for hydroxylation is 1. The summed E-state index contributed by atoms with van der Waals surface area (Å²) in [5.74, 6) is -0.874. The van der Waals surface area contributed by atoms with Gasteiger partial charge in [0.2, 0.25) is 0 Å². The average molecular weight is 306 g/mol. The van der Waals surface area contributed by atoms with Crippen LogP contribution in [0.4, 0.5) is 4.79 Å². The van der Waals surface area contributed by atoms with Crippen molar-refractivity contribution < 1.29 is 14.7 Å². The van der Waals surface area contributed by atoms with E-state index in [9.17, 15) is 9.59 Å². The predicted molar refractivity (Wildman–Crippen MR) is 84.1 cm³/mol. The number of unbranched alkanes of at least 4 members (excludes halogenated alkanes) is 1. The zero-order valence-electron chi connectivity index (χ0n) is 12.4. The Morgan fingerprint density at radius 3 is 2.32 bits per heavy atom. The van der Waals surface area contributed by atoms with E-state index < -0.39 is 5.97 Å². The molecule has 0 fully saturated rings. The second-order valence-corrected chi connectivity index (χ2v) is 4.89. The molecule has 120 valence electrons. The maximum Gasteiger partial charge on any atom is 0.314 e. The Morgan fingerprint density at radius 1 is 1.09 bits per heavy atom. The van der Waals surface area contributed by atoms with Crippen molar-refractivity contribution >= 4 is 17.8 Å². The molecule has 0 saturated heterocycles. The summed E-state index contributed by atoms with van der Waals surface area (Å²) in [6.07, 6.45) is 2.57. The minimum Gasteiger partial charge on any atom is -0.481 e. The third-order valence-electron chi connectivity index (χ3n) is 3.07. The van der Waals surface area contributed by atoms with Gasteiger partial charge < -0.3 is 21.5 Å². The Labute approximate surface area is 129 Å². The third-order valence-corrected chi connectivity index (χ3v) is 3.07. The van der Waals surface area contributed by atoms with E-state index in [1.165, 1.54) is 0 Å². The number of hydrogen-bond donors (Lipinski definition) is 5. The lowest BCUT2D eigenvalue weighted by atomic mass is 10.1. The van der Waals surface area contributed by atoms with Crippen LogP contribution in [-0.4, -0.2) is 36.0 Å². The first-order valence-corrected chi connectivity index (χ1v) is 7.16. The third kappa shape index (κ3) is 7.28. The van der Waals surface area contributed by atoms with Crippen molar-refractivity contribution in [2.45, 2.75) is 25.7 Å². The lowest BCUT2D eigenvalue weighted by Crippen LogP contribution is -2.37. The van der Waals surface area contributed by atoms with E-state index in [0.29, 0.717) is 12.1 Å². The number of benzene rings is 1. The van der Waals surface area contributed by atoms with Crippen LogP contribution in [0.2, 0.25) is 0 Å². The van der Waals surface area contributed by atoms with Gasteiger partial charge in [-0.3, -0.25) is 10.2 Å². The fourth-order valence-corrected chi connectivity index (χ4v) is 1.85. The molecule has 0 atom stereocenters. The maximum absolute atomic E-state index is 11.3. The van der Waals surface area contributed by atoms with E-state index in [0.717, 1.165) is 24.8 Å². The van der Waals surface area contributed by atoms with E-state index in [4.69, 9.17) is 16.2 Å². The number of aliphatic carboxylic acids is 1. The van der Waals surface area contributed by atoms with Crippen LogP contribution in [0.25, 0.3) is 0 Å². The van der Waals surface area contributed by atoms with Crippen molar-refractivity contribution in [2.24, 2.45) is 5.73 Å². The summed E-state index contributed by atoms with van der Waals surface area (Å²) in [5.41, 5.74) is 7.26. The van der Waals surface area contributed by atoms with Crippen LogP contribution >= 0.6 is 0 Å². The molecule has 1 aromatic carbocycles. The number of hydrogen-bond acceptors (Lipinski definition) is 3.